The van der Waals surface area contributed by atoms with Crippen LogP contribution in [0.5, 0.6) is 5.75 Å². The van der Waals surface area contributed by atoms with Gasteiger partial charge in [0.2, 0.25) is 0 Å². The lowest BCUT2D eigenvalue weighted by Crippen LogP contribution is -2.45. The highest BCUT2D eigenvalue weighted by Crippen LogP contribution is 2.32. The summed E-state index contributed by atoms with van der Waals surface area (Å²) in [5.41, 5.74) is 2.56. The number of nitrogens with one attached hydrogen (secondary N) is 1. The molecule has 1 saturated heterocycles. The van der Waals surface area contributed by atoms with Gasteiger partial charge >= 0.3 is 0 Å². The minimum absolute atomic E-state index is 0.510. The molecular weight excluding hydrogens is 270 g/mol. The summed E-state index contributed by atoms with van der Waals surface area (Å²) in [6, 6.07) is 4.80. The molecule has 1 aromatic rings. The van der Waals surface area contributed by atoms with E-state index in [0.29, 0.717) is 6.04 Å². The number of fused-ring (bicyclic) bond motifs is 1. The lowest BCUT2D eigenvalue weighted by atomic mass is 10.1. The minimum atomic E-state index is 0.510. The molecule has 3 nitrogen and oxygen atoms in total. The fourth-order valence-corrected chi connectivity index (χ4v) is 2.64. The van der Waals surface area contributed by atoms with Gasteiger partial charge in [-0.3, -0.25) is 0 Å². The van der Waals surface area contributed by atoms with E-state index in [2.05, 4.69) is 33.4 Å². The summed E-state index contributed by atoms with van der Waals surface area (Å²) >= 11 is 3.55. The number of hydrogen-bond donors (Lipinski definition) is 1. The largest absolute Gasteiger partial charge is 0.493 e. The Hall–Kier alpha value is -0.580. The molecule has 0 radical (unpaired) electrons. The van der Waals surface area contributed by atoms with Gasteiger partial charge in [0.25, 0.3) is 0 Å². The summed E-state index contributed by atoms with van der Waals surface area (Å²) in [4.78, 5) is 0. The van der Waals surface area contributed by atoms with Crippen LogP contribution in [-0.2, 0) is 17.7 Å². The summed E-state index contributed by atoms with van der Waals surface area (Å²) in [6.07, 6.45) is 1.02. The average molecular weight is 284 g/mol. The fraction of sp³-hybridized carbons (Fsp3) is 0.500. The molecular formula is C12H14BrNO2. The van der Waals surface area contributed by atoms with Gasteiger partial charge in [-0.15, -0.1) is 0 Å². The van der Waals surface area contributed by atoms with Crippen molar-refractivity contribution in [2.75, 3.05) is 19.8 Å². The van der Waals surface area contributed by atoms with Gasteiger partial charge in [-0.05, 0) is 17.7 Å². The molecule has 0 aromatic heterocycles. The second-order valence-corrected chi connectivity index (χ2v) is 5.18. The minimum Gasteiger partial charge on any atom is -0.493 e. The molecule has 1 N–H and O–H groups in total. The normalized spacial score (nSPS) is 19.1. The van der Waals surface area contributed by atoms with E-state index < -0.39 is 0 Å². The smallest absolute Gasteiger partial charge is 0.127 e. The van der Waals surface area contributed by atoms with Crippen LogP contribution < -0.4 is 10.1 Å². The first-order valence-corrected chi connectivity index (χ1v) is 6.37. The Bertz CT molecular complexity index is 404. The summed E-state index contributed by atoms with van der Waals surface area (Å²) in [7, 11) is 0. The second kappa shape index (κ2) is 4.35. The van der Waals surface area contributed by atoms with Gasteiger partial charge in [0.1, 0.15) is 5.75 Å². The highest BCUT2D eigenvalue weighted by atomic mass is 79.9. The third kappa shape index (κ3) is 1.97. The van der Waals surface area contributed by atoms with Crippen molar-refractivity contribution in [2.24, 2.45) is 0 Å². The van der Waals surface area contributed by atoms with Gasteiger partial charge in [-0.2, -0.15) is 0 Å². The van der Waals surface area contributed by atoms with Crippen molar-refractivity contribution in [3.05, 3.63) is 27.7 Å². The Balaban J connectivity index is 1.77. The second-order valence-electron chi connectivity index (χ2n) is 4.27. The zero-order chi connectivity index (χ0) is 11.0. The molecule has 0 saturated carbocycles. The van der Waals surface area contributed by atoms with E-state index in [1.54, 1.807) is 0 Å². The molecule has 0 unspecified atom stereocenters. The highest BCUT2D eigenvalue weighted by molar-refractivity contribution is 9.10. The lowest BCUT2D eigenvalue weighted by Gasteiger charge is -2.27. The summed E-state index contributed by atoms with van der Waals surface area (Å²) < 4.78 is 12.0. The van der Waals surface area contributed by atoms with Crippen molar-refractivity contribution in [1.29, 1.82) is 0 Å². The molecule has 2 aliphatic heterocycles. The molecule has 86 valence electrons. The van der Waals surface area contributed by atoms with Crippen molar-refractivity contribution in [3.8, 4) is 5.75 Å². The van der Waals surface area contributed by atoms with Crippen LogP contribution in [0.3, 0.4) is 0 Å². The molecule has 2 aliphatic rings. The van der Waals surface area contributed by atoms with E-state index in [-0.39, 0.29) is 0 Å². The van der Waals surface area contributed by atoms with Crippen molar-refractivity contribution < 1.29 is 9.47 Å². The van der Waals surface area contributed by atoms with Crippen LogP contribution in [0, 0.1) is 0 Å². The third-order valence-corrected chi connectivity index (χ3v) is 3.50. The van der Waals surface area contributed by atoms with Crippen molar-refractivity contribution in [3.63, 3.8) is 0 Å². The van der Waals surface area contributed by atoms with Gasteiger partial charge in [-0.1, -0.05) is 15.9 Å². The van der Waals surface area contributed by atoms with E-state index in [4.69, 9.17) is 9.47 Å². The highest BCUT2D eigenvalue weighted by Gasteiger charge is 2.20. The Morgan fingerprint density at radius 1 is 1.38 bits per heavy atom. The van der Waals surface area contributed by atoms with Gasteiger partial charge in [-0.25, -0.2) is 0 Å². The van der Waals surface area contributed by atoms with E-state index in [1.165, 1.54) is 11.1 Å². The molecule has 16 heavy (non-hydrogen) atoms. The summed E-state index contributed by atoms with van der Waals surface area (Å²) in [5.74, 6) is 1.08. The van der Waals surface area contributed by atoms with Crippen LogP contribution in [-0.4, -0.2) is 25.9 Å². The van der Waals surface area contributed by atoms with Crippen LogP contribution in [0.4, 0.5) is 0 Å². The van der Waals surface area contributed by atoms with Gasteiger partial charge in [0, 0.05) is 23.0 Å². The van der Waals surface area contributed by atoms with Crippen molar-refractivity contribution in [1.82, 2.24) is 5.32 Å². The molecule has 0 amide bonds. The Kier molecular flexibility index (Phi) is 2.88. The zero-order valence-electron chi connectivity index (χ0n) is 8.96. The number of halogens is 1. The first kappa shape index (κ1) is 10.6. The number of rotatable bonds is 3. The van der Waals surface area contributed by atoms with Crippen LogP contribution in [0.15, 0.2) is 16.6 Å². The Labute approximate surface area is 103 Å². The maximum absolute atomic E-state index is 5.68. The molecule has 0 aliphatic carbocycles. The molecule has 0 bridgehead atoms. The maximum atomic E-state index is 5.68. The quantitative estimate of drug-likeness (QED) is 0.919. The average Bonchev–Trinajstić information content (AvgIpc) is 2.62. The third-order valence-electron chi connectivity index (χ3n) is 3.04. The van der Waals surface area contributed by atoms with E-state index in [1.807, 2.05) is 0 Å². The summed E-state index contributed by atoms with van der Waals surface area (Å²) in [6.45, 7) is 3.33. The maximum Gasteiger partial charge on any atom is 0.127 e. The molecule has 1 fully saturated rings. The first-order valence-electron chi connectivity index (χ1n) is 5.58. The van der Waals surface area contributed by atoms with Crippen LogP contribution in [0.1, 0.15) is 11.1 Å². The number of ether oxygens (including phenoxy) is 2. The van der Waals surface area contributed by atoms with Crippen LogP contribution >= 0.6 is 15.9 Å². The number of hydrogen-bond acceptors (Lipinski definition) is 3. The standard InChI is InChI=1S/C12H14BrNO2/c13-10-3-8-1-2-16-12(8)9(4-10)5-14-11-6-15-7-11/h3-4,11,14H,1-2,5-7H2. The zero-order valence-corrected chi connectivity index (χ0v) is 10.5. The van der Waals surface area contributed by atoms with Crippen LogP contribution in [0.25, 0.3) is 0 Å². The van der Waals surface area contributed by atoms with E-state index in [9.17, 15) is 0 Å². The van der Waals surface area contributed by atoms with E-state index >= 15 is 0 Å². The molecule has 0 atom stereocenters. The molecule has 2 heterocycles. The number of benzene rings is 1. The monoisotopic (exact) mass is 283 g/mol. The predicted molar refractivity (Wildman–Crippen MR) is 64.8 cm³/mol. The van der Waals surface area contributed by atoms with Gasteiger partial charge in [0.15, 0.2) is 0 Å². The molecule has 0 spiro atoms. The topological polar surface area (TPSA) is 30.5 Å². The van der Waals surface area contributed by atoms with E-state index in [0.717, 1.165) is 43.0 Å². The molecule has 3 rings (SSSR count). The van der Waals surface area contributed by atoms with Gasteiger partial charge in [0.05, 0.1) is 25.9 Å². The van der Waals surface area contributed by atoms with Crippen molar-refractivity contribution >= 4 is 15.9 Å². The first-order chi connectivity index (χ1) is 7.83. The molecule has 4 heteroatoms. The van der Waals surface area contributed by atoms with Crippen molar-refractivity contribution in [2.45, 2.75) is 19.0 Å². The Morgan fingerprint density at radius 3 is 3.00 bits per heavy atom. The van der Waals surface area contributed by atoms with Gasteiger partial charge < -0.3 is 14.8 Å². The summed E-state index contributed by atoms with van der Waals surface area (Å²) in [5, 5.41) is 3.47. The van der Waals surface area contributed by atoms with Crippen LogP contribution in [0.2, 0.25) is 0 Å². The predicted octanol–water partition coefficient (Wildman–Crippen LogP) is 1.87. The molecule has 1 aromatic carbocycles. The fourth-order valence-electron chi connectivity index (χ4n) is 2.09. The SMILES string of the molecule is Brc1cc2c(c(CNC3COC3)c1)OCC2. The lowest BCUT2D eigenvalue weighted by molar-refractivity contribution is -0.00585. The Morgan fingerprint density at radius 2 is 2.25 bits per heavy atom.